The zero-order valence-corrected chi connectivity index (χ0v) is 15.0. The van der Waals surface area contributed by atoms with Crippen molar-refractivity contribution in [1.29, 1.82) is 0 Å². The maximum Gasteiger partial charge on any atom is 0.255 e. The molecule has 0 aliphatic rings. The van der Waals surface area contributed by atoms with Gasteiger partial charge < -0.3 is 10.1 Å². The molecule has 1 amide bonds. The zero-order chi connectivity index (χ0) is 17.6. The van der Waals surface area contributed by atoms with E-state index in [1.54, 1.807) is 43.1 Å². The Bertz CT molecular complexity index is 841. The number of ether oxygens (including phenoxy) is 1. The van der Waals surface area contributed by atoms with E-state index >= 15 is 0 Å². The summed E-state index contributed by atoms with van der Waals surface area (Å²) >= 11 is 1.70. The summed E-state index contributed by atoms with van der Waals surface area (Å²) in [6, 6.07) is 23.3. The van der Waals surface area contributed by atoms with Crippen LogP contribution in [0.25, 0.3) is 0 Å². The van der Waals surface area contributed by atoms with Crippen molar-refractivity contribution in [2.75, 3.05) is 12.4 Å². The molecule has 0 spiro atoms. The van der Waals surface area contributed by atoms with Crippen molar-refractivity contribution in [3.05, 3.63) is 83.9 Å². The molecular weight excluding hydrogens is 330 g/mol. The number of anilines is 1. The van der Waals surface area contributed by atoms with Crippen molar-refractivity contribution in [2.45, 2.75) is 16.7 Å². The van der Waals surface area contributed by atoms with E-state index in [2.05, 4.69) is 36.5 Å². The number of amides is 1. The SMILES string of the molecule is COc1ccc(C(=O)Nc2ccc(Sc3ccc(C)cc3)cc2)cc1. The number of carbonyl (C=O) groups is 1. The first-order valence-electron chi connectivity index (χ1n) is 7.94. The quantitative estimate of drug-likeness (QED) is 0.669. The van der Waals surface area contributed by atoms with E-state index in [1.807, 2.05) is 24.3 Å². The van der Waals surface area contributed by atoms with Crippen molar-refractivity contribution in [3.63, 3.8) is 0 Å². The second-order valence-electron chi connectivity index (χ2n) is 5.62. The highest BCUT2D eigenvalue weighted by Gasteiger charge is 2.06. The lowest BCUT2D eigenvalue weighted by Gasteiger charge is -2.07. The molecule has 0 heterocycles. The molecular formula is C21H19NO2S. The number of nitrogens with one attached hydrogen (secondary N) is 1. The average Bonchev–Trinajstić information content (AvgIpc) is 2.65. The van der Waals surface area contributed by atoms with Crippen LogP contribution in [0, 0.1) is 6.92 Å². The lowest BCUT2D eigenvalue weighted by molar-refractivity contribution is 0.102. The van der Waals surface area contributed by atoms with Crippen LogP contribution in [-0.2, 0) is 0 Å². The number of rotatable bonds is 5. The van der Waals surface area contributed by atoms with E-state index in [1.165, 1.54) is 10.5 Å². The Hall–Kier alpha value is -2.72. The first kappa shape index (κ1) is 17.1. The maximum atomic E-state index is 12.3. The predicted molar refractivity (Wildman–Crippen MR) is 103 cm³/mol. The van der Waals surface area contributed by atoms with Crippen molar-refractivity contribution in [1.82, 2.24) is 0 Å². The highest BCUT2D eigenvalue weighted by Crippen LogP contribution is 2.28. The molecule has 0 saturated carbocycles. The van der Waals surface area contributed by atoms with Gasteiger partial charge in [-0.05, 0) is 67.6 Å². The normalized spacial score (nSPS) is 10.3. The molecule has 4 heteroatoms. The van der Waals surface area contributed by atoms with Crippen LogP contribution < -0.4 is 10.1 Å². The molecule has 3 aromatic carbocycles. The van der Waals surface area contributed by atoms with Gasteiger partial charge in [0.05, 0.1) is 7.11 Å². The van der Waals surface area contributed by atoms with Crippen molar-refractivity contribution < 1.29 is 9.53 Å². The second-order valence-corrected chi connectivity index (χ2v) is 6.77. The van der Waals surface area contributed by atoms with Gasteiger partial charge in [0.25, 0.3) is 5.91 Å². The Morgan fingerprint density at radius 2 is 1.40 bits per heavy atom. The summed E-state index contributed by atoms with van der Waals surface area (Å²) in [5, 5.41) is 2.91. The van der Waals surface area contributed by atoms with Crippen LogP contribution >= 0.6 is 11.8 Å². The zero-order valence-electron chi connectivity index (χ0n) is 14.2. The van der Waals surface area contributed by atoms with Crippen LogP contribution in [0.3, 0.4) is 0 Å². The topological polar surface area (TPSA) is 38.3 Å². The van der Waals surface area contributed by atoms with Crippen LogP contribution in [0.2, 0.25) is 0 Å². The highest BCUT2D eigenvalue weighted by molar-refractivity contribution is 7.99. The average molecular weight is 349 g/mol. The van der Waals surface area contributed by atoms with E-state index in [-0.39, 0.29) is 5.91 Å². The summed E-state index contributed by atoms with van der Waals surface area (Å²) in [6.45, 7) is 2.08. The van der Waals surface area contributed by atoms with Gasteiger partial charge in [-0.25, -0.2) is 0 Å². The van der Waals surface area contributed by atoms with E-state index in [4.69, 9.17) is 4.74 Å². The van der Waals surface area contributed by atoms with Crippen molar-refractivity contribution in [3.8, 4) is 5.75 Å². The second kappa shape index (κ2) is 7.90. The number of hydrogen-bond donors (Lipinski definition) is 1. The van der Waals surface area contributed by atoms with E-state index in [0.717, 1.165) is 16.3 Å². The number of aryl methyl sites for hydroxylation is 1. The predicted octanol–water partition coefficient (Wildman–Crippen LogP) is 5.41. The molecule has 3 rings (SSSR count). The number of methoxy groups -OCH3 is 1. The third-order valence-electron chi connectivity index (χ3n) is 3.72. The Labute approximate surface area is 152 Å². The number of hydrogen-bond acceptors (Lipinski definition) is 3. The standard InChI is InChI=1S/C21H19NO2S/c1-15-3-11-19(12-4-15)25-20-13-7-17(8-14-20)22-21(23)16-5-9-18(24-2)10-6-16/h3-14H,1-2H3,(H,22,23). The van der Waals surface area contributed by atoms with E-state index in [9.17, 15) is 4.79 Å². The van der Waals surface area contributed by atoms with Gasteiger partial charge in [-0.3, -0.25) is 4.79 Å². The van der Waals surface area contributed by atoms with Gasteiger partial charge in [-0.2, -0.15) is 0 Å². The minimum atomic E-state index is -0.137. The molecule has 0 atom stereocenters. The Kier molecular flexibility index (Phi) is 5.41. The molecule has 3 aromatic rings. The summed E-state index contributed by atoms with van der Waals surface area (Å²) in [6.07, 6.45) is 0. The summed E-state index contributed by atoms with van der Waals surface area (Å²) in [7, 11) is 1.60. The minimum Gasteiger partial charge on any atom is -0.497 e. The first-order valence-corrected chi connectivity index (χ1v) is 8.76. The molecule has 0 bridgehead atoms. The molecule has 25 heavy (non-hydrogen) atoms. The number of carbonyl (C=O) groups excluding carboxylic acids is 1. The van der Waals surface area contributed by atoms with Crippen LogP contribution in [0.1, 0.15) is 15.9 Å². The number of benzene rings is 3. The van der Waals surface area contributed by atoms with Crippen LogP contribution in [-0.4, -0.2) is 13.0 Å². The van der Waals surface area contributed by atoms with Gasteiger partial charge in [-0.1, -0.05) is 29.5 Å². The van der Waals surface area contributed by atoms with Crippen LogP contribution in [0.4, 0.5) is 5.69 Å². The van der Waals surface area contributed by atoms with E-state index < -0.39 is 0 Å². The van der Waals surface area contributed by atoms with Gasteiger partial charge in [0.2, 0.25) is 0 Å². The fourth-order valence-electron chi connectivity index (χ4n) is 2.29. The lowest BCUT2D eigenvalue weighted by Crippen LogP contribution is -2.11. The van der Waals surface area contributed by atoms with Crippen LogP contribution in [0.5, 0.6) is 5.75 Å². The smallest absolute Gasteiger partial charge is 0.255 e. The molecule has 1 N–H and O–H groups in total. The molecule has 0 aliphatic heterocycles. The van der Waals surface area contributed by atoms with Gasteiger partial charge >= 0.3 is 0 Å². The lowest BCUT2D eigenvalue weighted by atomic mass is 10.2. The fraction of sp³-hybridized carbons (Fsp3) is 0.0952. The highest BCUT2D eigenvalue weighted by atomic mass is 32.2. The fourth-order valence-corrected chi connectivity index (χ4v) is 3.11. The molecule has 0 unspecified atom stereocenters. The Balaban J connectivity index is 1.63. The van der Waals surface area contributed by atoms with E-state index in [0.29, 0.717) is 5.56 Å². The monoisotopic (exact) mass is 349 g/mol. The third-order valence-corrected chi connectivity index (χ3v) is 4.74. The molecule has 3 nitrogen and oxygen atoms in total. The van der Waals surface area contributed by atoms with Gasteiger partial charge in [0.1, 0.15) is 5.75 Å². The van der Waals surface area contributed by atoms with Crippen molar-refractivity contribution in [2.24, 2.45) is 0 Å². The Morgan fingerprint density at radius 3 is 1.96 bits per heavy atom. The molecule has 0 saturated heterocycles. The maximum absolute atomic E-state index is 12.3. The van der Waals surface area contributed by atoms with Gasteiger partial charge in [-0.15, -0.1) is 0 Å². The molecule has 0 aliphatic carbocycles. The third kappa shape index (κ3) is 4.64. The first-order chi connectivity index (χ1) is 12.1. The summed E-state index contributed by atoms with van der Waals surface area (Å²) in [5.74, 6) is 0.593. The van der Waals surface area contributed by atoms with Gasteiger partial charge in [0, 0.05) is 21.0 Å². The van der Waals surface area contributed by atoms with Crippen molar-refractivity contribution >= 4 is 23.4 Å². The molecule has 0 fully saturated rings. The Morgan fingerprint density at radius 1 is 0.840 bits per heavy atom. The summed E-state index contributed by atoms with van der Waals surface area (Å²) < 4.78 is 5.10. The molecule has 126 valence electrons. The molecule has 0 aromatic heterocycles. The molecule has 0 radical (unpaired) electrons. The largest absolute Gasteiger partial charge is 0.497 e. The minimum absolute atomic E-state index is 0.137. The van der Waals surface area contributed by atoms with Gasteiger partial charge in [0.15, 0.2) is 0 Å². The summed E-state index contributed by atoms with van der Waals surface area (Å²) in [5.41, 5.74) is 2.62. The van der Waals surface area contributed by atoms with Crippen LogP contribution in [0.15, 0.2) is 82.6 Å². The summed E-state index contributed by atoms with van der Waals surface area (Å²) in [4.78, 5) is 14.6.